The van der Waals surface area contributed by atoms with Crippen molar-refractivity contribution in [2.24, 2.45) is 0 Å². The van der Waals surface area contributed by atoms with Crippen LogP contribution in [0.2, 0.25) is 18.1 Å². The van der Waals surface area contributed by atoms with E-state index in [1.54, 1.807) is 0 Å². The van der Waals surface area contributed by atoms with Crippen LogP contribution in [-0.4, -0.2) is 54.5 Å². The van der Waals surface area contributed by atoms with Gasteiger partial charge in [-0.2, -0.15) is 0 Å². The number of aliphatic hydroxyl groups excluding tert-OH is 1. The first-order valence-corrected chi connectivity index (χ1v) is 18.0. The summed E-state index contributed by atoms with van der Waals surface area (Å²) in [7, 11) is -2.36. The maximum absolute atomic E-state index is 13.5. The molecule has 230 valence electrons. The van der Waals surface area contributed by atoms with E-state index in [4.69, 9.17) is 13.9 Å². The normalized spacial score (nSPS) is 19.3. The molecule has 7 heteroatoms. The molecule has 3 aromatic carbocycles. The van der Waals surface area contributed by atoms with Gasteiger partial charge in [-0.3, -0.25) is 4.90 Å². The highest BCUT2D eigenvalue weighted by atomic mass is 28.4. The van der Waals surface area contributed by atoms with Gasteiger partial charge in [0.2, 0.25) is 0 Å². The number of cyclic esters (lactones) is 1. The first kappa shape index (κ1) is 32.7. The zero-order valence-electron chi connectivity index (χ0n) is 26.6. The lowest BCUT2D eigenvalue weighted by molar-refractivity contribution is -0.138. The van der Waals surface area contributed by atoms with E-state index in [9.17, 15) is 9.90 Å². The highest BCUT2D eigenvalue weighted by Gasteiger charge is 2.53. The van der Waals surface area contributed by atoms with Gasteiger partial charge in [0, 0.05) is 0 Å². The molecule has 0 aromatic heterocycles. The van der Waals surface area contributed by atoms with Gasteiger partial charge in [-0.05, 0) is 55.1 Å². The van der Waals surface area contributed by atoms with Crippen LogP contribution in [0.1, 0.15) is 51.3 Å². The van der Waals surface area contributed by atoms with E-state index >= 15 is 0 Å². The Hall–Kier alpha value is -3.23. The van der Waals surface area contributed by atoms with E-state index < -0.39 is 44.5 Å². The molecule has 4 atom stereocenters. The Labute approximate surface area is 258 Å². The van der Waals surface area contributed by atoms with Gasteiger partial charge < -0.3 is 19.0 Å². The van der Waals surface area contributed by atoms with Crippen LogP contribution in [0.5, 0.6) is 0 Å². The van der Waals surface area contributed by atoms with Gasteiger partial charge in [0.05, 0.1) is 18.8 Å². The minimum atomic E-state index is -2.36. The van der Waals surface area contributed by atoms with E-state index in [1.807, 2.05) is 117 Å². The zero-order valence-corrected chi connectivity index (χ0v) is 27.6. The van der Waals surface area contributed by atoms with Crippen molar-refractivity contribution in [3.05, 3.63) is 114 Å². The number of carbonyl (C=O) groups excluding carboxylic acids is 1. The van der Waals surface area contributed by atoms with Crippen molar-refractivity contribution in [1.82, 2.24) is 4.90 Å². The summed E-state index contributed by atoms with van der Waals surface area (Å²) in [6.07, 6.45) is 1.05. The topological polar surface area (TPSA) is 68.2 Å². The quantitative estimate of drug-likeness (QED) is 0.214. The summed E-state index contributed by atoms with van der Waals surface area (Å²) in [5.41, 5.74) is 2.19. The molecule has 0 radical (unpaired) electrons. The second kappa shape index (κ2) is 13.6. The van der Waals surface area contributed by atoms with Gasteiger partial charge in [0.25, 0.3) is 0 Å². The molecule has 4 rings (SSSR count). The van der Waals surface area contributed by atoms with Crippen LogP contribution in [0.4, 0.5) is 4.79 Å². The first-order valence-electron chi connectivity index (χ1n) is 15.1. The number of ether oxygens (including phenoxy) is 2. The predicted molar refractivity (Wildman–Crippen MR) is 175 cm³/mol. The maximum Gasteiger partial charge on any atom is 0.412 e. The lowest BCUT2D eigenvalue weighted by atomic mass is 9.91. The van der Waals surface area contributed by atoms with Gasteiger partial charge in [0.1, 0.15) is 11.7 Å². The van der Waals surface area contributed by atoms with Crippen molar-refractivity contribution >= 4 is 20.5 Å². The number of benzene rings is 3. The molecule has 0 aliphatic carbocycles. The predicted octanol–water partition coefficient (Wildman–Crippen LogP) is 7.84. The van der Waals surface area contributed by atoms with E-state index in [-0.39, 0.29) is 11.6 Å². The minimum Gasteiger partial charge on any atom is -0.441 e. The van der Waals surface area contributed by atoms with E-state index in [2.05, 4.69) is 33.9 Å². The lowest BCUT2D eigenvalue weighted by Gasteiger charge is -2.43. The first-order chi connectivity index (χ1) is 20.3. The van der Waals surface area contributed by atoms with E-state index in [0.717, 1.165) is 16.7 Å². The average Bonchev–Trinajstić information content (AvgIpc) is 3.19. The van der Waals surface area contributed by atoms with Gasteiger partial charge in [-0.15, -0.1) is 0 Å². The molecule has 1 N–H and O–H groups in total. The minimum absolute atomic E-state index is 0.0921. The molecule has 1 aliphatic rings. The monoisotopic (exact) mass is 601 g/mol. The Bertz CT molecular complexity index is 1340. The third kappa shape index (κ3) is 8.24. The molecular formula is C36H47NO5Si. The van der Waals surface area contributed by atoms with Crippen molar-refractivity contribution in [3.63, 3.8) is 0 Å². The summed E-state index contributed by atoms with van der Waals surface area (Å²) in [4.78, 5) is 15.0. The summed E-state index contributed by atoms with van der Waals surface area (Å²) in [6, 6.07) is 29.4. The molecule has 3 aromatic rings. The number of hydrogen-bond donors (Lipinski definition) is 1. The van der Waals surface area contributed by atoms with E-state index in [0.29, 0.717) is 6.42 Å². The molecule has 1 saturated heterocycles. The molecule has 1 fully saturated rings. The molecule has 0 unspecified atom stereocenters. The summed E-state index contributed by atoms with van der Waals surface area (Å²) in [5.74, 6) is 0. The van der Waals surface area contributed by atoms with Crippen LogP contribution in [-0.2, 0) is 26.9 Å². The summed E-state index contributed by atoms with van der Waals surface area (Å²) in [5, 5.41) is 12.1. The Morgan fingerprint density at radius 2 is 1.47 bits per heavy atom. The number of amides is 1. The van der Waals surface area contributed by atoms with Gasteiger partial charge in [-0.1, -0.05) is 124 Å². The SMILES string of the molecule is CC1(C)OC(=O)N([C@@H](O)[C@@H](OCc2ccccc2)[C@@H](/C=C/c2ccccc2)O[Si](C)(C)C(C)(C)C)[C@H]1Cc1ccccc1. The van der Waals surface area contributed by atoms with Crippen LogP contribution in [0.3, 0.4) is 0 Å². The highest BCUT2D eigenvalue weighted by Crippen LogP contribution is 2.40. The van der Waals surface area contributed by atoms with Crippen molar-refractivity contribution in [2.75, 3.05) is 0 Å². The van der Waals surface area contributed by atoms with Gasteiger partial charge >= 0.3 is 6.09 Å². The maximum atomic E-state index is 13.5. The smallest absolute Gasteiger partial charge is 0.412 e. The molecule has 43 heavy (non-hydrogen) atoms. The van der Waals surface area contributed by atoms with Gasteiger partial charge in [0.15, 0.2) is 14.5 Å². The fraction of sp³-hybridized carbons (Fsp3) is 0.417. The zero-order chi connectivity index (χ0) is 31.3. The molecule has 1 heterocycles. The summed E-state index contributed by atoms with van der Waals surface area (Å²) in [6.45, 7) is 14.9. The third-order valence-electron chi connectivity index (χ3n) is 8.67. The molecule has 1 aliphatic heterocycles. The Balaban J connectivity index is 1.75. The molecule has 1 amide bonds. The fourth-order valence-corrected chi connectivity index (χ4v) is 6.31. The van der Waals surface area contributed by atoms with Crippen molar-refractivity contribution in [1.29, 1.82) is 0 Å². The Morgan fingerprint density at radius 3 is 2.02 bits per heavy atom. The summed E-state index contributed by atoms with van der Waals surface area (Å²) < 4.78 is 19.4. The Morgan fingerprint density at radius 1 is 0.930 bits per heavy atom. The molecule has 0 spiro atoms. The number of hydrogen-bond acceptors (Lipinski definition) is 5. The largest absolute Gasteiger partial charge is 0.441 e. The van der Waals surface area contributed by atoms with Crippen LogP contribution in [0.15, 0.2) is 97.1 Å². The molecule has 0 bridgehead atoms. The van der Waals surface area contributed by atoms with Crippen molar-refractivity contribution < 1.29 is 23.8 Å². The van der Waals surface area contributed by atoms with Crippen LogP contribution < -0.4 is 0 Å². The van der Waals surface area contributed by atoms with Crippen LogP contribution in [0, 0.1) is 0 Å². The third-order valence-corrected chi connectivity index (χ3v) is 13.1. The Kier molecular flexibility index (Phi) is 10.3. The number of rotatable bonds is 12. The van der Waals surface area contributed by atoms with Crippen LogP contribution in [0.25, 0.3) is 6.08 Å². The standard InChI is InChI=1S/C36H47NO5Si/c1-35(2,3)43(6,7)42-30(24-23-27-17-11-8-12-18-27)32(40-26-29-21-15-10-16-22-29)33(38)37-31(36(4,5)41-34(37)39)25-28-19-13-9-14-20-28/h8-24,30-33,38H,25-26H2,1-7H3/b24-23+/t30-,31+,32+,33+/m1/s1. The average molecular weight is 602 g/mol. The second-order valence-electron chi connectivity index (χ2n) is 13.4. The molecular weight excluding hydrogens is 554 g/mol. The van der Waals surface area contributed by atoms with Gasteiger partial charge in [-0.25, -0.2) is 4.79 Å². The summed E-state index contributed by atoms with van der Waals surface area (Å²) >= 11 is 0. The number of nitrogens with zero attached hydrogens (tertiary/aromatic N) is 1. The lowest BCUT2D eigenvalue weighted by Crippen LogP contribution is -2.57. The van der Waals surface area contributed by atoms with E-state index in [1.165, 1.54) is 4.90 Å². The highest BCUT2D eigenvalue weighted by molar-refractivity contribution is 6.74. The number of carbonyl (C=O) groups is 1. The van der Waals surface area contributed by atoms with Crippen molar-refractivity contribution in [3.8, 4) is 0 Å². The fourth-order valence-electron chi connectivity index (χ4n) is 5.06. The molecule has 6 nitrogen and oxygen atoms in total. The van der Waals surface area contributed by atoms with Crippen LogP contribution >= 0.6 is 0 Å². The molecule has 0 saturated carbocycles. The second-order valence-corrected chi connectivity index (χ2v) is 18.1. The van der Waals surface area contributed by atoms with Crippen molar-refractivity contribution in [2.45, 2.75) is 95.9 Å². The number of aliphatic hydroxyl groups is 1.